The molecule has 0 saturated carbocycles. The van der Waals surface area contributed by atoms with Crippen molar-refractivity contribution in [3.8, 4) is 0 Å². The summed E-state index contributed by atoms with van der Waals surface area (Å²) in [7, 11) is 1.48. The number of carbonyl (C=O) groups excluding carboxylic acids is 1. The Morgan fingerprint density at radius 3 is 2.53 bits per heavy atom. The van der Waals surface area contributed by atoms with Gasteiger partial charge in [0, 0.05) is 20.1 Å². The molecule has 1 fully saturated rings. The fourth-order valence-electron chi connectivity index (χ4n) is 1.64. The Morgan fingerprint density at radius 2 is 2.06 bits per heavy atom. The van der Waals surface area contributed by atoms with E-state index in [9.17, 15) is 9.59 Å². The third-order valence-electron chi connectivity index (χ3n) is 2.72. The molecule has 1 aliphatic heterocycles. The molecule has 7 nitrogen and oxygen atoms in total. The third kappa shape index (κ3) is 3.86. The van der Waals surface area contributed by atoms with Crippen LogP contribution in [0.2, 0.25) is 0 Å². The topological polar surface area (TPSA) is 82.1 Å². The Labute approximate surface area is 100 Å². The molecule has 1 saturated heterocycles. The molecule has 1 rings (SSSR count). The Hall–Kier alpha value is -1.34. The monoisotopic (exact) mass is 245 g/mol. The van der Waals surface area contributed by atoms with E-state index in [0.29, 0.717) is 32.7 Å². The van der Waals surface area contributed by atoms with Gasteiger partial charge < -0.3 is 14.7 Å². The van der Waals surface area contributed by atoms with Crippen LogP contribution in [-0.2, 0) is 9.53 Å². The van der Waals surface area contributed by atoms with Crippen LogP contribution in [0, 0.1) is 0 Å². The lowest BCUT2D eigenvalue weighted by Gasteiger charge is -2.31. The predicted molar refractivity (Wildman–Crippen MR) is 60.4 cm³/mol. The van der Waals surface area contributed by atoms with Crippen molar-refractivity contribution in [2.24, 2.45) is 0 Å². The maximum Gasteiger partial charge on any atom is 0.332 e. The molecule has 2 amide bonds. The van der Waals surface area contributed by atoms with E-state index in [2.05, 4.69) is 5.43 Å². The van der Waals surface area contributed by atoms with Crippen molar-refractivity contribution >= 4 is 12.0 Å². The maximum atomic E-state index is 11.8. The number of hydrogen-bond donors (Lipinski definition) is 2. The minimum absolute atomic E-state index is 0.377. The van der Waals surface area contributed by atoms with Crippen LogP contribution in [-0.4, -0.2) is 66.4 Å². The molecule has 0 radical (unpaired) electrons. The average molecular weight is 245 g/mol. The van der Waals surface area contributed by atoms with E-state index >= 15 is 0 Å². The number of morpholine rings is 1. The summed E-state index contributed by atoms with van der Waals surface area (Å²) in [5, 5.41) is 10.7. The number of nitrogens with one attached hydrogen (secondary N) is 1. The fraction of sp³-hybridized carbons (Fsp3) is 0.800. The van der Waals surface area contributed by atoms with E-state index in [0.717, 1.165) is 0 Å². The Morgan fingerprint density at radius 1 is 1.47 bits per heavy atom. The van der Waals surface area contributed by atoms with Gasteiger partial charge in [-0.05, 0) is 6.42 Å². The molecular formula is C10H19N3O4. The Balaban J connectivity index is 2.47. The summed E-state index contributed by atoms with van der Waals surface area (Å²) in [5.41, 5.74) is 2.67. The van der Waals surface area contributed by atoms with E-state index in [1.807, 2.05) is 0 Å². The van der Waals surface area contributed by atoms with Crippen LogP contribution in [0.5, 0.6) is 0 Å². The number of hydrazine groups is 1. The molecule has 0 spiro atoms. The first-order valence-corrected chi connectivity index (χ1v) is 5.65. The molecule has 0 aromatic rings. The lowest BCUT2D eigenvalue weighted by atomic mass is 10.2. The third-order valence-corrected chi connectivity index (χ3v) is 2.72. The van der Waals surface area contributed by atoms with Crippen LogP contribution in [0.4, 0.5) is 4.79 Å². The second kappa shape index (κ2) is 6.41. The van der Waals surface area contributed by atoms with Crippen molar-refractivity contribution in [1.82, 2.24) is 15.3 Å². The van der Waals surface area contributed by atoms with E-state index < -0.39 is 18.0 Å². The van der Waals surface area contributed by atoms with E-state index in [1.54, 1.807) is 11.9 Å². The number of carboxylic acids is 1. The summed E-state index contributed by atoms with van der Waals surface area (Å²) in [6.07, 6.45) is 0.377. The van der Waals surface area contributed by atoms with Gasteiger partial charge in [0.15, 0.2) is 0 Å². The lowest BCUT2D eigenvalue weighted by Crippen LogP contribution is -2.55. The van der Waals surface area contributed by atoms with Crippen molar-refractivity contribution in [3.63, 3.8) is 0 Å². The van der Waals surface area contributed by atoms with Gasteiger partial charge in [0.25, 0.3) is 0 Å². The summed E-state index contributed by atoms with van der Waals surface area (Å²) in [4.78, 5) is 23.9. The van der Waals surface area contributed by atoms with E-state index in [4.69, 9.17) is 9.84 Å². The second-order valence-corrected chi connectivity index (χ2v) is 3.89. The van der Waals surface area contributed by atoms with Crippen molar-refractivity contribution in [2.45, 2.75) is 19.4 Å². The largest absolute Gasteiger partial charge is 0.480 e. The molecule has 17 heavy (non-hydrogen) atoms. The molecule has 1 unspecified atom stereocenters. The van der Waals surface area contributed by atoms with E-state index in [-0.39, 0.29) is 0 Å². The molecular weight excluding hydrogens is 226 g/mol. The Bertz CT molecular complexity index is 279. The van der Waals surface area contributed by atoms with Crippen LogP contribution in [0.25, 0.3) is 0 Å². The van der Waals surface area contributed by atoms with Crippen molar-refractivity contribution in [3.05, 3.63) is 0 Å². The first kappa shape index (κ1) is 13.7. The number of aliphatic carboxylic acids is 1. The number of amides is 2. The zero-order valence-electron chi connectivity index (χ0n) is 10.2. The second-order valence-electron chi connectivity index (χ2n) is 3.89. The number of hydrogen-bond acceptors (Lipinski definition) is 4. The van der Waals surface area contributed by atoms with Crippen molar-refractivity contribution in [1.29, 1.82) is 0 Å². The molecule has 1 heterocycles. The van der Waals surface area contributed by atoms with Gasteiger partial charge in [0.05, 0.1) is 13.2 Å². The summed E-state index contributed by atoms with van der Waals surface area (Å²) >= 11 is 0. The van der Waals surface area contributed by atoms with Gasteiger partial charge in [0.1, 0.15) is 6.04 Å². The van der Waals surface area contributed by atoms with Crippen molar-refractivity contribution < 1.29 is 19.4 Å². The van der Waals surface area contributed by atoms with Gasteiger partial charge >= 0.3 is 12.0 Å². The quantitative estimate of drug-likeness (QED) is 0.713. The van der Waals surface area contributed by atoms with Gasteiger partial charge in [0.2, 0.25) is 0 Å². The van der Waals surface area contributed by atoms with Crippen LogP contribution >= 0.6 is 0 Å². The Kier molecular flexibility index (Phi) is 5.17. The average Bonchev–Trinajstić information content (AvgIpc) is 2.30. The molecule has 0 bridgehead atoms. The SMILES string of the molecule is CCC(C(=O)O)N(C)C(=O)NN1CCOCC1. The summed E-state index contributed by atoms with van der Waals surface area (Å²) in [5.74, 6) is -0.993. The van der Waals surface area contributed by atoms with Gasteiger partial charge in [-0.3, -0.25) is 5.43 Å². The van der Waals surface area contributed by atoms with Crippen LogP contribution in [0.3, 0.4) is 0 Å². The van der Waals surface area contributed by atoms with Crippen molar-refractivity contribution in [2.75, 3.05) is 33.4 Å². The molecule has 0 aromatic carbocycles. The molecule has 7 heteroatoms. The molecule has 0 aromatic heterocycles. The zero-order chi connectivity index (χ0) is 12.8. The normalized spacial score (nSPS) is 18.5. The molecule has 1 atom stereocenters. The zero-order valence-corrected chi connectivity index (χ0v) is 10.2. The predicted octanol–water partition coefficient (Wildman–Crippen LogP) is -0.262. The highest BCUT2D eigenvalue weighted by atomic mass is 16.5. The van der Waals surface area contributed by atoms with E-state index in [1.165, 1.54) is 11.9 Å². The molecule has 1 aliphatic rings. The molecule has 2 N–H and O–H groups in total. The van der Waals surface area contributed by atoms with Gasteiger partial charge in [-0.2, -0.15) is 0 Å². The van der Waals surface area contributed by atoms with Gasteiger partial charge in [-0.25, -0.2) is 14.6 Å². The van der Waals surface area contributed by atoms with Crippen LogP contribution in [0.1, 0.15) is 13.3 Å². The highest BCUT2D eigenvalue weighted by molar-refractivity contribution is 5.82. The standard InChI is InChI=1S/C10H19N3O4/c1-3-8(9(14)15)12(2)10(16)11-13-4-6-17-7-5-13/h8H,3-7H2,1-2H3,(H,11,16)(H,14,15). The number of ether oxygens (including phenoxy) is 1. The molecule has 0 aliphatic carbocycles. The highest BCUT2D eigenvalue weighted by Crippen LogP contribution is 2.03. The first-order valence-electron chi connectivity index (χ1n) is 5.65. The number of urea groups is 1. The van der Waals surface area contributed by atoms with Gasteiger partial charge in [-0.15, -0.1) is 0 Å². The first-order chi connectivity index (χ1) is 8.06. The lowest BCUT2D eigenvalue weighted by molar-refractivity contribution is -0.142. The minimum atomic E-state index is -0.993. The number of carboxylic acid groups (broad SMARTS) is 1. The number of carbonyl (C=O) groups is 2. The number of likely N-dealkylation sites (N-methyl/N-ethyl adjacent to an activating group) is 1. The van der Waals surface area contributed by atoms with Gasteiger partial charge in [-0.1, -0.05) is 6.92 Å². The summed E-state index contributed by atoms with van der Waals surface area (Å²) in [6, 6.07) is -1.20. The summed E-state index contributed by atoms with van der Waals surface area (Å²) in [6.45, 7) is 4.10. The minimum Gasteiger partial charge on any atom is -0.480 e. The maximum absolute atomic E-state index is 11.8. The summed E-state index contributed by atoms with van der Waals surface area (Å²) < 4.78 is 5.15. The smallest absolute Gasteiger partial charge is 0.332 e. The fourth-order valence-corrected chi connectivity index (χ4v) is 1.64. The highest BCUT2D eigenvalue weighted by Gasteiger charge is 2.26. The molecule has 98 valence electrons. The van der Waals surface area contributed by atoms with Crippen LogP contribution in [0.15, 0.2) is 0 Å². The number of rotatable bonds is 4. The number of nitrogens with zero attached hydrogens (tertiary/aromatic N) is 2. The van der Waals surface area contributed by atoms with Crippen LogP contribution < -0.4 is 5.43 Å².